The normalized spacial score (nSPS) is 12.0. The third-order valence-electron chi connectivity index (χ3n) is 2.84. The summed E-state index contributed by atoms with van der Waals surface area (Å²) in [5.41, 5.74) is -0.0939. The number of carbonyl (C=O) groups excluding carboxylic acids is 2. The predicted molar refractivity (Wildman–Crippen MR) is 86.7 cm³/mol. The van der Waals surface area contributed by atoms with Crippen LogP contribution in [0.5, 0.6) is 0 Å². The first-order chi connectivity index (χ1) is 10.5. The Morgan fingerprint density at radius 3 is 2.17 bits per heavy atom. The molecule has 0 saturated heterocycles. The number of rotatable bonds is 7. The summed E-state index contributed by atoms with van der Waals surface area (Å²) in [6.45, 7) is 6.88. The van der Waals surface area contributed by atoms with Crippen molar-refractivity contribution in [1.29, 1.82) is 0 Å². The highest BCUT2D eigenvalue weighted by Gasteiger charge is 2.17. The molecule has 0 heterocycles. The van der Waals surface area contributed by atoms with Gasteiger partial charge in [0.1, 0.15) is 5.60 Å². The minimum atomic E-state index is -3.65. The molecule has 0 spiro atoms. The highest BCUT2D eigenvalue weighted by molar-refractivity contribution is 7.89. The number of sulfonamides is 1. The first kappa shape index (κ1) is 19.3. The molecule has 1 aromatic rings. The zero-order valence-corrected chi connectivity index (χ0v) is 14.7. The van der Waals surface area contributed by atoms with Crippen LogP contribution in [0.2, 0.25) is 0 Å². The van der Waals surface area contributed by atoms with Gasteiger partial charge in [0.2, 0.25) is 10.0 Å². The molecule has 0 fully saturated rings. The first-order valence-electron chi connectivity index (χ1n) is 7.34. The van der Waals surface area contributed by atoms with E-state index < -0.39 is 15.6 Å². The average Bonchev–Trinajstić information content (AvgIpc) is 2.42. The molecule has 1 aromatic carbocycles. The van der Waals surface area contributed by atoms with Crippen molar-refractivity contribution in [1.82, 2.24) is 4.72 Å². The maximum Gasteiger partial charge on any atom is 0.306 e. The van der Waals surface area contributed by atoms with Gasteiger partial charge in [-0.1, -0.05) is 12.1 Å². The number of esters is 1. The Morgan fingerprint density at radius 2 is 1.70 bits per heavy atom. The monoisotopic (exact) mass is 341 g/mol. The summed E-state index contributed by atoms with van der Waals surface area (Å²) >= 11 is 0. The Balaban J connectivity index is 2.50. The highest BCUT2D eigenvalue weighted by atomic mass is 32.2. The lowest BCUT2D eigenvalue weighted by atomic mass is 10.2. The molecule has 0 aromatic heterocycles. The second-order valence-electron chi connectivity index (χ2n) is 6.17. The van der Waals surface area contributed by atoms with Gasteiger partial charge in [-0.3, -0.25) is 9.59 Å². The largest absolute Gasteiger partial charge is 0.460 e. The summed E-state index contributed by atoms with van der Waals surface area (Å²) in [5, 5.41) is 0. The van der Waals surface area contributed by atoms with Crippen molar-refractivity contribution in [2.75, 3.05) is 6.54 Å². The Bertz CT molecular complexity index is 657. The van der Waals surface area contributed by atoms with Gasteiger partial charge in [-0.2, -0.15) is 0 Å². The third-order valence-corrected chi connectivity index (χ3v) is 4.32. The van der Waals surface area contributed by atoms with Gasteiger partial charge < -0.3 is 4.74 Å². The molecule has 6 nitrogen and oxygen atoms in total. The lowest BCUT2D eigenvalue weighted by molar-refractivity contribution is -0.154. The Morgan fingerprint density at radius 1 is 1.13 bits per heavy atom. The van der Waals surface area contributed by atoms with Crippen LogP contribution in [0.3, 0.4) is 0 Å². The highest BCUT2D eigenvalue weighted by Crippen LogP contribution is 2.12. The molecule has 0 bridgehead atoms. The number of hydrogen-bond donors (Lipinski definition) is 1. The Kier molecular flexibility index (Phi) is 6.47. The minimum absolute atomic E-state index is 0.0831. The summed E-state index contributed by atoms with van der Waals surface area (Å²) in [5.74, 6) is -0.484. The number of benzene rings is 1. The van der Waals surface area contributed by atoms with E-state index in [4.69, 9.17) is 4.74 Å². The van der Waals surface area contributed by atoms with Gasteiger partial charge in [-0.05, 0) is 46.2 Å². The van der Waals surface area contributed by atoms with Crippen LogP contribution in [0.1, 0.15) is 50.9 Å². The molecule has 0 aliphatic carbocycles. The van der Waals surface area contributed by atoms with Crippen molar-refractivity contribution in [2.45, 2.75) is 51.0 Å². The van der Waals surface area contributed by atoms with Gasteiger partial charge in [0, 0.05) is 18.5 Å². The fraction of sp³-hybridized carbons (Fsp3) is 0.500. The summed E-state index contributed by atoms with van der Waals surface area (Å²) in [6, 6.07) is 5.70. The van der Waals surface area contributed by atoms with E-state index >= 15 is 0 Å². The summed E-state index contributed by atoms with van der Waals surface area (Å²) in [6.07, 6.45) is 0.489. The van der Waals surface area contributed by atoms with Crippen LogP contribution >= 0.6 is 0 Å². The number of ether oxygens (including phenoxy) is 1. The average molecular weight is 341 g/mol. The van der Waals surface area contributed by atoms with Crippen LogP contribution in [0, 0.1) is 0 Å². The van der Waals surface area contributed by atoms with E-state index in [1.807, 2.05) is 0 Å². The molecule has 1 rings (SSSR count). The molecular formula is C16H23NO5S. The number of Topliss-reactive ketones (excluding diaryl/α,β-unsaturated/α-hetero) is 1. The topological polar surface area (TPSA) is 89.5 Å². The number of hydrogen-bond acceptors (Lipinski definition) is 5. The molecule has 0 aliphatic heterocycles. The molecule has 0 amide bonds. The molecule has 0 radical (unpaired) electrons. The van der Waals surface area contributed by atoms with E-state index in [9.17, 15) is 18.0 Å². The van der Waals surface area contributed by atoms with Gasteiger partial charge in [0.15, 0.2) is 5.78 Å². The van der Waals surface area contributed by atoms with Crippen molar-refractivity contribution < 1.29 is 22.7 Å². The fourth-order valence-electron chi connectivity index (χ4n) is 1.78. The van der Waals surface area contributed by atoms with E-state index in [1.165, 1.54) is 31.2 Å². The second-order valence-corrected chi connectivity index (χ2v) is 7.94. The van der Waals surface area contributed by atoms with Crippen molar-refractivity contribution in [3.63, 3.8) is 0 Å². The lowest BCUT2D eigenvalue weighted by Gasteiger charge is -2.19. The summed E-state index contributed by atoms with van der Waals surface area (Å²) in [4.78, 5) is 22.8. The van der Waals surface area contributed by atoms with E-state index in [0.29, 0.717) is 12.0 Å². The van der Waals surface area contributed by atoms with E-state index in [2.05, 4.69) is 4.72 Å². The van der Waals surface area contributed by atoms with Crippen molar-refractivity contribution >= 4 is 21.8 Å². The maximum atomic E-state index is 12.1. The molecule has 128 valence electrons. The molecule has 0 saturated carbocycles. The van der Waals surface area contributed by atoms with Crippen LogP contribution in [0.25, 0.3) is 0 Å². The van der Waals surface area contributed by atoms with Gasteiger partial charge in [-0.15, -0.1) is 0 Å². The smallest absolute Gasteiger partial charge is 0.306 e. The SMILES string of the molecule is CC(=O)c1ccc(S(=O)(=O)NCCCC(=O)OC(C)(C)C)cc1. The van der Waals surface area contributed by atoms with Gasteiger partial charge in [0.25, 0.3) is 0 Å². The zero-order valence-electron chi connectivity index (χ0n) is 13.9. The lowest BCUT2D eigenvalue weighted by Crippen LogP contribution is -2.27. The van der Waals surface area contributed by atoms with Crippen LogP contribution in [-0.4, -0.2) is 32.3 Å². The number of carbonyl (C=O) groups is 2. The molecule has 1 N–H and O–H groups in total. The maximum absolute atomic E-state index is 12.1. The summed E-state index contributed by atoms with van der Waals surface area (Å²) < 4.78 is 31.7. The van der Waals surface area contributed by atoms with Gasteiger partial charge >= 0.3 is 5.97 Å². The zero-order chi connectivity index (χ0) is 17.7. The Hall–Kier alpha value is -1.73. The van der Waals surface area contributed by atoms with E-state index in [1.54, 1.807) is 20.8 Å². The summed E-state index contributed by atoms with van der Waals surface area (Å²) in [7, 11) is -3.65. The van der Waals surface area contributed by atoms with Crippen LogP contribution in [0.4, 0.5) is 0 Å². The van der Waals surface area contributed by atoms with Crippen molar-refractivity contribution in [3.05, 3.63) is 29.8 Å². The minimum Gasteiger partial charge on any atom is -0.460 e. The van der Waals surface area contributed by atoms with Gasteiger partial charge in [0.05, 0.1) is 4.90 Å². The van der Waals surface area contributed by atoms with Crippen molar-refractivity contribution in [3.8, 4) is 0 Å². The fourth-order valence-corrected chi connectivity index (χ4v) is 2.86. The number of nitrogens with one attached hydrogen (secondary N) is 1. The van der Waals surface area contributed by atoms with Crippen LogP contribution in [0.15, 0.2) is 29.2 Å². The van der Waals surface area contributed by atoms with Crippen LogP contribution in [-0.2, 0) is 19.6 Å². The Labute approximate surface area is 137 Å². The number of ketones is 1. The third kappa shape index (κ3) is 6.92. The second kappa shape index (κ2) is 7.70. The van der Waals surface area contributed by atoms with Gasteiger partial charge in [-0.25, -0.2) is 13.1 Å². The molecule has 7 heteroatoms. The quantitative estimate of drug-likeness (QED) is 0.467. The molecule has 0 atom stereocenters. The van der Waals surface area contributed by atoms with E-state index in [-0.39, 0.29) is 29.6 Å². The van der Waals surface area contributed by atoms with Crippen molar-refractivity contribution in [2.24, 2.45) is 0 Å². The van der Waals surface area contributed by atoms with Crippen LogP contribution < -0.4 is 4.72 Å². The standard InChI is InChI=1S/C16H23NO5S/c1-12(18)13-7-9-14(10-8-13)23(20,21)17-11-5-6-15(19)22-16(2,3)4/h7-10,17H,5-6,11H2,1-4H3. The predicted octanol–water partition coefficient (Wildman–Crippen LogP) is 2.29. The molecular weight excluding hydrogens is 318 g/mol. The molecule has 0 unspecified atom stereocenters. The molecule has 0 aliphatic rings. The first-order valence-corrected chi connectivity index (χ1v) is 8.82. The molecule has 23 heavy (non-hydrogen) atoms. The van der Waals surface area contributed by atoms with E-state index in [0.717, 1.165) is 0 Å².